The standard InChI is InChI=1S/C27H43N3O2/c1-2-3-4-5-6-7-8-9-10-11-12-13-17-20-29-26(31)25-22-32-27(30-25)24(28)21-23-18-15-14-16-19-23/h14-16,18-19,22,24H,2-13,17,20-21,28H2,1H3,(H,29,31). The van der Waals surface area contributed by atoms with Crippen molar-refractivity contribution in [2.45, 2.75) is 103 Å². The van der Waals surface area contributed by atoms with Gasteiger partial charge in [0, 0.05) is 6.54 Å². The van der Waals surface area contributed by atoms with Crippen LogP contribution in [0.3, 0.4) is 0 Å². The van der Waals surface area contributed by atoms with E-state index in [0.717, 1.165) is 18.4 Å². The number of aromatic nitrogens is 1. The van der Waals surface area contributed by atoms with E-state index >= 15 is 0 Å². The number of rotatable bonds is 18. The fraction of sp³-hybridized carbons (Fsp3) is 0.630. The molecule has 1 atom stereocenters. The molecule has 2 rings (SSSR count). The summed E-state index contributed by atoms with van der Waals surface area (Å²) in [5, 5.41) is 2.94. The minimum absolute atomic E-state index is 0.189. The Bertz CT molecular complexity index is 730. The summed E-state index contributed by atoms with van der Waals surface area (Å²) >= 11 is 0. The monoisotopic (exact) mass is 441 g/mol. The van der Waals surface area contributed by atoms with Gasteiger partial charge in [0.15, 0.2) is 5.69 Å². The molecule has 0 aliphatic rings. The first kappa shape index (κ1) is 26.1. The molecule has 0 aliphatic carbocycles. The fourth-order valence-corrected chi connectivity index (χ4v) is 3.95. The lowest BCUT2D eigenvalue weighted by atomic mass is 10.0. The molecule has 1 unspecified atom stereocenters. The van der Waals surface area contributed by atoms with Gasteiger partial charge in [0.2, 0.25) is 5.89 Å². The third-order valence-electron chi connectivity index (χ3n) is 5.94. The number of nitrogens with two attached hydrogens (primary N) is 1. The van der Waals surface area contributed by atoms with Crippen LogP contribution in [0, 0.1) is 0 Å². The van der Waals surface area contributed by atoms with Crippen LogP contribution in [0.1, 0.15) is 118 Å². The lowest BCUT2D eigenvalue weighted by Crippen LogP contribution is -2.25. The van der Waals surface area contributed by atoms with Gasteiger partial charge in [0.05, 0.1) is 6.04 Å². The van der Waals surface area contributed by atoms with Crippen molar-refractivity contribution in [2.75, 3.05) is 6.54 Å². The van der Waals surface area contributed by atoms with E-state index in [1.807, 2.05) is 30.3 Å². The number of amides is 1. The second-order valence-corrected chi connectivity index (χ2v) is 8.87. The number of oxazole rings is 1. The molecule has 1 amide bonds. The van der Waals surface area contributed by atoms with E-state index in [-0.39, 0.29) is 11.9 Å². The summed E-state index contributed by atoms with van der Waals surface area (Å²) in [6.45, 7) is 2.94. The summed E-state index contributed by atoms with van der Waals surface area (Å²) in [6.07, 6.45) is 19.2. The van der Waals surface area contributed by atoms with Gasteiger partial charge in [-0.25, -0.2) is 4.98 Å². The SMILES string of the molecule is CCCCCCCCCCCCCCCNC(=O)c1coc(C(N)Cc2ccccc2)n1. The van der Waals surface area contributed by atoms with Gasteiger partial charge in [0.1, 0.15) is 6.26 Å². The first-order chi connectivity index (χ1) is 15.7. The van der Waals surface area contributed by atoms with Gasteiger partial charge in [-0.1, -0.05) is 114 Å². The molecule has 0 radical (unpaired) electrons. The molecular formula is C27H43N3O2. The Labute approximate surface area is 194 Å². The zero-order chi connectivity index (χ0) is 22.9. The highest BCUT2D eigenvalue weighted by Gasteiger charge is 2.17. The van der Waals surface area contributed by atoms with Crippen LogP contribution < -0.4 is 11.1 Å². The molecule has 1 aromatic carbocycles. The smallest absolute Gasteiger partial charge is 0.273 e. The third-order valence-corrected chi connectivity index (χ3v) is 5.94. The third kappa shape index (κ3) is 10.9. The molecule has 5 nitrogen and oxygen atoms in total. The van der Waals surface area contributed by atoms with E-state index in [4.69, 9.17) is 10.2 Å². The molecule has 3 N–H and O–H groups in total. The van der Waals surface area contributed by atoms with Crippen LogP contribution in [0.15, 0.2) is 41.0 Å². The Hall–Kier alpha value is -2.14. The predicted molar refractivity (Wildman–Crippen MR) is 132 cm³/mol. The number of nitrogens with zero attached hydrogens (tertiary/aromatic N) is 1. The molecule has 0 saturated heterocycles. The summed E-state index contributed by atoms with van der Waals surface area (Å²) in [4.78, 5) is 16.6. The number of hydrogen-bond donors (Lipinski definition) is 2. The minimum atomic E-state index is -0.361. The molecule has 0 bridgehead atoms. The number of benzene rings is 1. The lowest BCUT2D eigenvalue weighted by molar-refractivity contribution is 0.0948. The van der Waals surface area contributed by atoms with Gasteiger partial charge in [-0.2, -0.15) is 0 Å². The number of unbranched alkanes of at least 4 members (excludes halogenated alkanes) is 12. The second-order valence-electron chi connectivity index (χ2n) is 8.87. The van der Waals surface area contributed by atoms with E-state index in [9.17, 15) is 4.79 Å². The van der Waals surface area contributed by atoms with Crippen molar-refractivity contribution in [3.05, 3.63) is 53.7 Å². The molecule has 0 aliphatic heterocycles. The van der Waals surface area contributed by atoms with Crippen LogP contribution in [-0.2, 0) is 6.42 Å². The van der Waals surface area contributed by atoms with E-state index in [1.165, 1.54) is 76.9 Å². The van der Waals surface area contributed by atoms with Crippen LogP contribution in [0.5, 0.6) is 0 Å². The maximum absolute atomic E-state index is 12.3. The zero-order valence-electron chi connectivity index (χ0n) is 20.0. The largest absolute Gasteiger partial charge is 0.446 e. The Morgan fingerprint density at radius 3 is 2.06 bits per heavy atom. The average molecular weight is 442 g/mol. The van der Waals surface area contributed by atoms with Crippen molar-refractivity contribution in [3.63, 3.8) is 0 Å². The van der Waals surface area contributed by atoms with Gasteiger partial charge < -0.3 is 15.5 Å². The van der Waals surface area contributed by atoms with Crippen molar-refractivity contribution in [2.24, 2.45) is 5.73 Å². The van der Waals surface area contributed by atoms with E-state index in [1.54, 1.807) is 0 Å². The van der Waals surface area contributed by atoms with Crippen molar-refractivity contribution in [1.82, 2.24) is 10.3 Å². The first-order valence-corrected chi connectivity index (χ1v) is 12.7. The number of carbonyl (C=O) groups is 1. The van der Waals surface area contributed by atoms with Crippen molar-refractivity contribution in [1.29, 1.82) is 0 Å². The summed E-state index contributed by atoms with van der Waals surface area (Å²) in [7, 11) is 0. The molecule has 1 aromatic heterocycles. The van der Waals surface area contributed by atoms with Gasteiger partial charge in [-0.15, -0.1) is 0 Å². The molecule has 0 spiro atoms. The lowest BCUT2D eigenvalue weighted by Gasteiger charge is -2.07. The molecule has 0 fully saturated rings. The summed E-state index contributed by atoms with van der Waals surface area (Å²) in [5.41, 5.74) is 7.60. The van der Waals surface area contributed by atoms with E-state index < -0.39 is 0 Å². The Morgan fingerprint density at radius 1 is 0.906 bits per heavy atom. The van der Waals surface area contributed by atoms with Gasteiger partial charge >= 0.3 is 0 Å². The molecule has 2 aromatic rings. The summed E-state index contributed by atoms with van der Waals surface area (Å²) in [5.74, 6) is 0.214. The Morgan fingerprint density at radius 2 is 1.47 bits per heavy atom. The molecule has 32 heavy (non-hydrogen) atoms. The van der Waals surface area contributed by atoms with Crippen LogP contribution >= 0.6 is 0 Å². The van der Waals surface area contributed by atoms with Gasteiger partial charge in [-0.3, -0.25) is 4.79 Å². The quantitative estimate of drug-likeness (QED) is 0.251. The number of nitrogens with one attached hydrogen (secondary N) is 1. The molecule has 5 heteroatoms. The van der Waals surface area contributed by atoms with Crippen LogP contribution in [0.25, 0.3) is 0 Å². The van der Waals surface area contributed by atoms with Crippen LogP contribution in [0.2, 0.25) is 0 Å². The Balaban J connectivity index is 1.48. The number of carbonyl (C=O) groups excluding carboxylic acids is 1. The fourth-order valence-electron chi connectivity index (χ4n) is 3.95. The minimum Gasteiger partial charge on any atom is -0.446 e. The average Bonchev–Trinajstić information content (AvgIpc) is 3.30. The first-order valence-electron chi connectivity index (χ1n) is 12.7. The van der Waals surface area contributed by atoms with Crippen LogP contribution in [0.4, 0.5) is 0 Å². The maximum atomic E-state index is 12.3. The highest BCUT2D eigenvalue weighted by atomic mass is 16.3. The maximum Gasteiger partial charge on any atom is 0.273 e. The van der Waals surface area contributed by atoms with Crippen molar-refractivity contribution < 1.29 is 9.21 Å². The van der Waals surface area contributed by atoms with Crippen molar-refractivity contribution >= 4 is 5.91 Å². The topological polar surface area (TPSA) is 81.2 Å². The summed E-state index contributed by atoms with van der Waals surface area (Å²) in [6, 6.07) is 9.61. The normalized spacial score (nSPS) is 12.1. The molecule has 1 heterocycles. The number of hydrogen-bond acceptors (Lipinski definition) is 4. The van der Waals surface area contributed by atoms with Gasteiger partial charge in [-0.05, 0) is 18.4 Å². The van der Waals surface area contributed by atoms with Gasteiger partial charge in [0.25, 0.3) is 5.91 Å². The predicted octanol–water partition coefficient (Wildman–Crippen LogP) is 6.74. The summed E-state index contributed by atoms with van der Waals surface area (Å²) < 4.78 is 5.45. The second kappa shape index (κ2) is 16.5. The zero-order valence-corrected chi connectivity index (χ0v) is 20.0. The van der Waals surface area contributed by atoms with Crippen LogP contribution in [-0.4, -0.2) is 17.4 Å². The van der Waals surface area contributed by atoms with E-state index in [2.05, 4.69) is 17.2 Å². The molecule has 178 valence electrons. The Kier molecular flexibility index (Phi) is 13.5. The molecule has 0 saturated carbocycles. The highest BCUT2D eigenvalue weighted by Crippen LogP contribution is 2.16. The molecular weight excluding hydrogens is 398 g/mol. The highest BCUT2D eigenvalue weighted by molar-refractivity contribution is 5.91. The van der Waals surface area contributed by atoms with E-state index in [0.29, 0.717) is 24.6 Å². The van der Waals surface area contributed by atoms with Crippen molar-refractivity contribution in [3.8, 4) is 0 Å².